The first-order valence-corrected chi connectivity index (χ1v) is 6.48. The minimum Gasteiger partial charge on any atom is -0.381 e. The van der Waals surface area contributed by atoms with Crippen LogP contribution in [0.4, 0.5) is 5.69 Å². The average molecular weight is 228 g/mol. The molecule has 90 valence electrons. The lowest BCUT2D eigenvalue weighted by Crippen LogP contribution is -2.30. The standard InChI is InChI=1S/C15H20N2/c1-11-7-8-13(10-16)15(9-11)17-14-6-4-3-5-12(14)2/h7-9,12,14,17H,3-6H2,1-2H3. The molecule has 2 nitrogen and oxygen atoms in total. The number of hydrogen-bond donors (Lipinski definition) is 1. The van der Waals surface area contributed by atoms with Crippen molar-refractivity contribution in [2.45, 2.75) is 45.6 Å². The molecule has 2 unspecified atom stereocenters. The zero-order chi connectivity index (χ0) is 12.3. The second-order valence-corrected chi connectivity index (χ2v) is 5.17. The number of anilines is 1. The molecule has 1 fully saturated rings. The molecule has 0 spiro atoms. The maximum Gasteiger partial charge on any atom is 0.101 e. The number of benzene rings is 1. The summed E-state index contributed by atoms with van der Waals surface area (Å²) in [5, 5.41) is 12.7. The van der Waals surface area contributed by atoms with Gasteiger partial charge in [-0.3, -0.25) is 0 Å². The Morgan fingerprint density at radius 2 is 2.06 bits per heavy atom. The largest absolute Gasteiger partial charge is 0.381 e. The van der Waals surface area contributed by atoms with E-state index in [2.05, 4.69) is 31.3 Å². The molecule has 1 saturated carbocycles. The first-order chi connectivity index (χ1) is 8.20. The molecule has 0 aromatic heterocycles. The number of nitrogens with one attached hydrogen (secondary N) is 1. The highest BCUT2D eigenvalue weighted by Crippen LogP contribution is 2.28. The highest BCUT2D eigenvalue weighted by Gasteiger charge is 2.21. The third-order valence-corrected chi connectivity index (χ3v) is 3.75. The predicted molar refractivity (Wildman–Crippen MR) is 70.9 cm³/mol. The smallest absolute Gasteiger partial charge is 0.101 e. The number of nitrogens with zero attached hydrogens (tertiary/aromatic N) is 1. The van der Waals surface area contributed by atoms with Crippen LogP contribution in [0.15, 0.2) is 18.2 Å². The van der Waals surface area contributed by atoms with Crippen molar-refractivity contribution in [3.8, 4) is 6.07 Å². The van der Waals surface area contributed by atoms with Crippen LogP contribution >= 0.6 is 0 Å². The van der Waals surface area contributed by atoms with Crippen LogP contribution in [0.5, 0.6) is 0 Å². The summed E-state index contributed by atoms with van der Waals surface area (Å²) in [6.07, 6.45) is 5.17. The van der Waals surface area contributed by atoms with Gasteiger partial charge in [-0.2, -0.15) is 5.26 Å². The van der Waals surface area contributed by atoms with E-state index in [0.29, 0.717) is 12.0 Å². The quantitative estimate of drug-likeness (QED) is 0.834. The summed E-state index contributed by atoms with van der Waals surface area (Å²) in [7, 11) is 0. The van der Waals surface area contributed by atoms with Crippen LogP contribution in [0.25, 0.3) is 0 Å². The molecule has 0 radical (unpaired) electrons. The van der Waals surface area contributed by atoms with Crippen molar-refractivity contribution in [3.05, 3.63) is 29.3 Å². The molecule has 1 N–H and O–H groups in total. The molecular formula is C15H20N2. The molecule has 2 atom stereocenters. The molecule has 17 heavy (non-hydrogen) atoms. The predicted octanol–water partition coefficient (Wildman–Crippen LogP) is 3.86. The fourth-order valence-corrected chi connectivity index (χ4v) is 2.61. The van der Waals surface area contributed by atoms with Gasteiger partial charge >= 0.3 is 0 Å². The average Bonchev–Trinajstić information content (AvgIpc) is 2.32. The van der Waals surface area contributed by atoms with E-state index in [0.717, 1.165) is 11.3 Å². The van der Waals surface area contributed by atoms with Gasteiger partial charge in [0.25, 0.3) is 0 Å². The van der Waals surface area contributed by atoms with E-state index in [1.165, 1.54) is 31.2 Å². The minimum atomic E-state index is 0.526. The van der Waals surface area contributed by atoms with Gasteiger partial charge in [0.05, 0.1) is 11.3 Å². The zero-order valence-corrected chi connectivity index (χ0v) is 10.7. The number of aryl methyl sites for hydroxylation is 1. The topological polar surface area (TPSA) is 35.8 Å². The van der Waals surface area contributed by atoms with Crippen molar-refractivity contribution in [1.82, 2.24) is 0 Å². The molecule has 0 aliphatic heterocycles. The van der Waals surface area contributed by atoms with Crippen LogP contribution < -0.4 is 5.32 Å². The van der Waals surface area contributed by atoms with E-state index in [1.54, 1.807) is 0 Å². The van der Waals surface area contributed by atoms with Gasteiger partial charge in [-0.15, -0.1) is 0 Å². The van der Waals surface area contributed by atoms with Gasteiger partial charge in [0.2, 0.25) is 0 Å². The monoisotopic (exact) mass is 228 g/mol. The van der Waals surface area contributed by atoms with Crippen LogP contribution in [0.2, 0.25) is 0 Å². The second kappa shape index (κ2) is 5.23. The summed E-state index contributed by atoms with van der Waals surface area (Å²) in [5.41, 5.74) is 2.97. The van der Waals surface area contributed by atoms with Gasteiger partial charge in [0, 0.05) is 6.04 Å². The summed E-state index contributed by atoms with van der Waals surface area (Å²) in [5.74, 6) is 0.704. The van der Waals surface area contributed by atoms with Crippen molar-refractivity contribution in [1.29, 1.82) is 5.26 Å². The van der Waals surface area contributed by atoms with Crippen molar-refractivity contribution in [3.63, 3.8) is 0 Å². The molecule has 0 saturated heterocycles. The zero-order valence-electron chi connectivity index (χ0n) is 10.7. The molecule has 0 heterocycles. The molecule has 1 aromatic rings. The second-order valence-electron chi connectivity index (χ2n) is 5.17. The maximum atomic E-state index is 9.11. The van der Waals surface area contributed by atoms with E-state index in [-0.39, 0.29) is 0 Å². The van der Waals surface area contributed by atoms with Crippen LogP contribution in [0, 0.1) is 24.2 Å². The molecule has 1 aromatic carbocycles. The molecule has 2 heteroatoms. The summed E-state index contributed by atoms with van der Waals surface area (Å²) >= 11 is 0. The van der Waals surface area contributed by atoms with E-state index in [1.807, 2.05) is 12.1 Å². The van der Waals surface area contributed by atoms with E-state index in [9.17, 15) is 0 Å². The number of rotatable bonds is 2. The fourth-order valence-electron chi connectivity index (χ4n) is 2.61. The Hall–Kier alpha value is -1.49. The van der Waals surface area contributed by atoms with Gasteiger partial charge in [-0.25, -0.2) is 0 Å². The first kappa shape index (κ1) is 12.0. The van der Waals surface area contributed by atoms with Gasteiger partial charge in [0.1, 0.15) is 6.07 Å². The summed E-state index contributed by atoms with van der Waals surface area (Å²) < 4.78 is 0. The van der Waals surface area contributed by atoms with Gasteiger partial charge < -0.3 is 5.32 Å². The molecule has 1 aliphatic carbocycles. The third kappa shape index (κ3) is 2.79. The lowest BCUT2D eigenvalue weighted by Gasteiger charge is -2.30. The van der Waals surface area contributed by atoms with Crippen molar-refractivity contribution >= 4 is 5.69 Å². The van der Waals surface area contributed by atoms with Crippen molar-refractivity contribution in [2.75, 3.05) is 5.32 Å². The molecule has 1 aliphatic rings. The highest BCUT2D eigenvalue weighted by atomic mass is 14.9. The molecule has 0 bridgehead atoms. The summed E-state index contributed by atoms with van der Waals surface area (Å²) in [4.78, 5) is 0. The number of nitriles is 1. The molecular weight excluding hydrogens is 208 g/mol. The van der Waals surface area contributed by atoms with E-state index < -0.39 is 0 Å². The SMILES string of the molecule is Cc1ccc(C#N)c(NC2CCCCC2C)c1. The van der Waals surface area contributed by atoms with E-state index >= 15 is 0 Å². The fraction of sp³-hybridized carbons (Fsp3) is 0.533. The Morgan fingerprint density at radius 1 is 1.29 bits per heavy atom. The first-order valence-electron chi connectivity index (χ1n) is 6.48. The van der Waals surface area contributed by atoms with Crippen LogP contribution in [-0.4, -0.2) is 6.04 Å². The van der Waals surface area contributed by atoms with Crippen LogP contribution in [0.3, 0.4) is 0 Å². The van der Waals surface area contributed by atoms with Gasteiger partial charge in [0.15, 0.2) is 0 Å². The Labute approximate surface area is 104 Å². The van der Waals surface area contributed by atoms with E-state index in [4.69, 9.17) is 5.26 Å². The Morgan fingerprint density at radius 3 is 2.76 bits per heavy atom. The lowest BCUT2D eigenvalue weighted by atomic mass is 9.85. The Bertz CT molecular complexity index is 431. The van der Waals surface area contributed by atoms with Gasteiger partial charge in [-0.1, -0.05) is 25.8 Å². The van der Waals surface area contributed by atoms with Crippen LogP contribution in [0.1, 0.15) is 43.7 Å². The number of hydrogen-bond acceptors (Lipinski definition) is 2. The Balaban J connectivity index is 2.17. The van der Waals surface area contributed by atoms with Crippen molar-refractivity contribution in [2.24, 2.45) is 5.92 Å². The summed E-state index contributed by atoms with van der Waals surface area (Å²) in [6.45, 7) is 4.37. The summed E-state index contributed by atoms with van der Waals surface area (Å²) in [6, 6.07) is 8.78. The molecule has 0 amide bonds. The minimum absolute atomic E-state index is 0.526. The van der Waals surface area contributed by atoms with Gasteiger partial charge in [-0.05, 0) is 43.4 Å². The van der Waals surface area contributed by atoms with Crippen molar-refractivity contribution < 1.29 is 0 Å². The third-order valence-electron chi connectivity index (χ3n) is 3.75. The maximum absolute atomic E-state index is 9.11. The highest BCUT2D eigenvalue weighted by molar-refractivity contribution is 5.59. The Kier molecular flexibility index (Phi) is 3.68. The molecule has 2 rings (SSSR count). The normalized spacial score (nSPS) is 24.1. The van der Waals surface area contributed by atoms with Crippen LogP contribution in [-0.2, 0) is 0 Å². The lowest BCUT2D eigenvalue weighted by molar-refractivity contribution is 0.349.